The summed E-state index contributed by atoms with van der Waals surface area (Å²) in [7, 11) is 0. The molecule has 0 aliphatic heterocycles. The van der Waals surface area contributed by atoms with Gasteiger partial charge in [0.25, 0.3) is 0 Å². The van der Waals surface area contributed by atoms with Crippen molar-refractivity contribution in [1.82, 2.24) is 0 Å². The second kappa shape index (κ2) is 4.21. The van der Waals surface area contributed by atoms with Crippen molar-refractivity contribution in [3.63, 3.8) is 0 Å². The molecule has 1 nitrogen and oxygen atoms in total. The molecule has 0 radical (unpaired) electrons. The van der Waals surface area contributed by atoms with Crippen molar-refractivity contribution in [2.75, 3.05) is 0 Å². The number of benzene rings is 1. The Morgan fingerprint density at radius 1 is 1.33 bits per heavy atom. The van der Waals surface area contributed by atoms with Crippen molar-refractivity contribution in [3.05, 3.63) is 35.6 Å². The monoisotopic (exact) mass is 168 g/mol. The van der Waals surface area contributed by atoms with Gasteiger partial charge in [0, 0.05) is 0 Å². The predicted molar refractivity (Wildman–Crippen MR) is 46.3 cm³/mol. The average molecular weight is 168 g/mol. The molecule has 66 valence electrons. The molecule has 1 unspecified atom stereocenters. The summed E-state index contributed by atoms with van der Waals surface area (Å²) >= 11 is 0. The number of hydrogen-bond acceptors (Lipinski definition) is 1. The summed E-state index contributed by atoms with van der Waals surface area (Å²) in [6, 6.07) is 5.98. The van der Waals surface area contributed by atoms with Crippen molar-refractivity contribution < 1.29 is 9.50 Å². The summed E-state index contributed by atoms with van der Waals surface area (Å²) in [5.41, 5.74) is 0.790. The van der Waals surface area contributed by atoms with Gasteiger partial charge in [0.05, 0.1) is 6.10 Å². The first-order valence-corrected chi connectivity index (χ1v) is 4.17. The van der Waals surface area contributed by atoms with E-state index in [0.717, 1.165) is 18.4 Å². The van der Waals surface area contributed by atoms with E-state index in [2.05, 4.69) is 0 Å². The fraction of sp³-hybridized carbons (Fsp3) is 0.400. The number of hydrogen-bond donors (Lipinski definition) is 1. The first-order valence-electron chi connectivity index (χ1n) is 4.17. The van der Waals surface area contributed by atoms with Gasteiger partial charge in [0.15, 0.2) is 0 Å². The molecule has 0 aliphatic carbocycles. The predicted octanol–water partition coefficient (Wildman–Crippen LogP) is 2.66. The minimum atomic E-state index is -0.449. The zero-order chi connectivity index (χ0) is 8.97. The van der Waals surface area contributed by atoms with E-state index in [4.69, 9.17) is 0 Å². The van der Waals surface area contributed by atoms with Gasteiger partial charge in [0.1, 0.15) is 5.82 Å². The fourth-order valence-electron chi connectivity index (χ4n) is 1.13. The van der Waals surface area contributed by atoms with Crippen molar-refractivity contribution in [2.45, 2.75) is 25.9 Å². The van der Waals surface area contributed by atoms with Crippen LogP contribution in [0.4, 0.5) is 4.39 Å². The lowest BCUT2D eigenvalue weighted by Crippen LogP contribution is -1.95. The lowest BCUT2D eigenvalue weighted by molar-refractivity contribution is 0.166. The maximum absolute atomic E-state index is 12.5. The Kier molecular flexibility index (Phi) is 3.23. The molecule has 1 atom stereocenters. The smallest absolute Gasteiger partial charge is 0.123 e. The van der Waals surface area contributed by atoms with Crippen LogP contribution < -0.4 is 0 Å². The van der Waals surface area contributed by atoms with E-state index in [1.807, 2.05) is 6.92 Å². The highest BCUT2D eigenvalue weighted by Crippen LogP contribution is 2.17. The van der Waals surface area contributed by atoms with E-state index in [9.17, 15) is 9.50 Å². The second-order valence-corrected chi connectivity index (χ2v) is 2.86. The Labute approximate surface area is 71.9 Å². The van der Waals surface area contributed by atoms with Crippen LogP contribution >= 0.6 is 0 Å². The highest BCUT2D eigenvalue weighted by atomic mass is 19.1. The number of aliphatic hydroxyl groups excluding tert-OH is 1. The minimum Gasteiger partial charge on any atom is -0.388 e. The molecule has 2 heteroatoms. The molecule has 0 saturated heterocycles. The van der Waals surface area contributed by atoms with E-state index < -0.39 is 6.10 Å². The highest BCUT2D eigenvalue weighted by molar-refractivity contribution is 5.18. The molecule has 1 N–H and O–H groups in total. The van der Waals surface area contributed by atoms with E-state index in [1.165, 1.54) is 12.1 Å². The highest BCUT2D eigenvalue weighted by Gasteiger charge is 2.04. The number of aliphatic hydroxyl groups is 1. The zero-order valence-corrected chi connectivity index (χ0v) is 7.13. The topological polar surface area (TPSA) is 20.2 Å². The largest absolute Gasteiger partial charge is 0.388 e. The van der Waals surface area contributed by atoms with Gasteiger partial charge in [-0.15, -0.1) is 0 Å². The van der Waals surface area contributed by atoms with Crippen molar-refractivity contribution in [3.8, 4) is 0 Å². The van der Waals surface area contributed by atoms with Crippen LogP contribution in [0.1, 0.15) is 31.4 Å². The molecule has 0 amide bonds. The van der Waals surface area contributed by atoms with Crippen LogP contribution in [0.2, 0.25) is 0 Å². The molecule has 12 heavy (non-hydrogen) atoms. The Hall–Kier alpha value is -0.890. The van der Waals surface area contributed by atoms with E-state index in [0.29, 0.717) is 0 Å². The third-order valence-corrected chi connectivity index (χ3v) is 1.82. The summed E-state index contributed by atoms with van der Waals surface area (Å²) in [5.74, 6) is -0.262. The van der Waals surface area contributed by atoms with Crippen LogP contribution in [0, 0.1) is 5.82 Å². The van der Waals surface area contributed by atoms with Gasteiger partial charge < -0.3 is 5.11 Å². The van der Waals surface area contributed by atoms with Crippen LogP contribution in [-0.2, 0) is 0 Å². The molecule has 0 aromatic heterocycles. The van der Waals surface area contributed by atoms with Crippen LogP contribution in [0.15, 0.2) is 24.3 Å². The molecule has 1 aromatic carbocycles. The molecule has 0 aliphatic rings. The quantitative estimate of drug-likeness (QED) is 0.735. The Balaban J connectivity index is 2.68. The third-order valence-electron chi connectivity index (χ3n) is 1.82. The van der Waals surface area contributed by atoms with E-state index >= 15 is 0 Å². The fourth-order valence-corrected chi connectivity index (χ4v) is 1.13. The molecular formula is C10H13FO. The van der Waals surface area contributed by atoms with Gasteiger partial charge in [0.2, 0.25) is 0 Å². The average Bonchev–Trinajstić information content (AvgIpc) is 2.06. The molecule has 0 saturated carbocycles. The first-order chi connectivity index (χ1) is 5.74. The zero-order valence-electron chi connectivity index (χ0n) is 7.13. The minimum absolute atomic E-state index is 0.262. The molecule has 1 aromatic rings. The second-order valence-electron chi connectivity index (χ2n) is 2.86. The van der Waals surface area contributed by atoms with Gasteiger partial charge in [-0.05, 0) is 24.1 Å². The van der Waals surface area contributed by atoms with Gasteiger partial charge in [-0.3, -0.25) is 0 Å². The first kappa shape index (κ1) is 9.20. The summed E-state index contributed by atoms with van der Waals surface area (Å²) in [4.78, 5) is 0. The molecule has 1 rings (SSSR count). The van der Waals surface area contributed by atoms with Gasteiger partial charge in [-0.25, -0.2) is 4.39 Å². The van der Waals surface area contributed by atoms with Crippen LogP contribution in [0.5, 0.6) is 0 Å². The Morgan fingerprint density at radius 3 is 2.42 bits per heavy atom. The molecule has 0 fully saturated rings. The van der Waals surface area contributed by atoms with Crippen molar-refractivity contribution in [2.24, 2.45) is 0 Å². The SMILES string of the molecule is CCCC(O)c1ccc(F)cc1. The standard InChI is InChI=1S/C10H13FO/c1-2-3-10(12)8-4-6-9(11)7-5-8/h4-7,10,12H,2-3H2,1H3. The number of halogens is 1. The summed E-state index contributed by atoms with van der Waals surface area (Å²) in [6.45, 7) is 2.01. The normalized spacial score (nSPS) is 12.9. The molecule has 0 spiro atoms. The lowest BCUT2D eigenvalue weighted by Gasteiger charge is -2.08. The van der Waals surface area contributed by atoms with Crippen LogP contribution in [0.25, 0.3) is 0 Å². The number of rotatable bonds is 3. The third kappa shape index (κ3) is 2.31. The summed E-state index contributed by atoms with van der Waals surface area (Å²) in [6.07, 6.45) is 1.21. The molecular weight excluding hydrogens is 155 g/mol. The van der Waals surface area contributed by atoms with Crippen molar-refractivity contribution >= 4 is 0 Å². The van der Waals surface area contributed by atoms with Gasteiger partial charge >= 0.3 is 0 Å². The maximum Gasteiger partial charge on any atom is 0.123 e. The Bertz CT molecular complexity index is 230. The molecule has 0 bridgehead atoms. The van der Waals surface area contributed by atoms with Gasteiger partial charge in [-0.2, -0.15) is 0 Å². The molecule has 0 heterocycles. The van der Waals surface area contributed by atoms with E-state index in [-0.39, 0.29) is 5.82 Å². The van der Waals surface area contributed by atoms with Crippen LogP contribution in [-0.4, -0.2) is 5.11 Å². The van der Waals surface area contributed by atoms with Crippen LogP contribution in [0.3, 0.4) is 0 Å². The van der Waals surface area contributed by atoms with E-state index in [1.54, 1.807) is 12.1 Å². The summed E-state index contributed by atoms with van der Waals surface area (Å²) < 4.78 is 12.5. The van der Waals surface area contributed by atoms with Crippen molar-refractivity contribution in [1.29, 1.82) is 0 Å². The van der Waals surface area contributed by atoms with Gasteiger partial charge in [-0.1, -0.05) is 25.5 Å². The summed E-state index contributed by atoms with van der Waals surface area (Å²) in [5, 5.41) is 9.49. The lowest BCUT2D eigenvalue weighted by atomic mass is 10.1. The maximum atomic E-state index is 12.5. The Morgan fingerprint density at radius 2 is 1.92 bits per heavy atom.